The van der Waals surface area contributed by atoms with E-state index in [1.54, 1.807) is 0 Å². The fourth-order valence-corrected chi connectivity index (χ4v) is 3.94. The molecule has 0 spiro atoms. The van der Waals surface area contributed by atoms with Gasteiger partial charge in [0.2, 0.25) is 0 Å². The van der Waals surface area contributed by atoms with Crippen LogP contribution in [0.2, 0.25) is 5.02 Å². The van der Waals surface area contributed by atoms with Gasteiger partial charge in [0.1, 0.15) is 0 Å². The minimum atomic E-state index is 0.187. The van der Waals surface area contributed by atoms with Crippen LogP contribution in [0.15, 0.2) is 60.8 Å². The Morgan fingerprint density at radius 3 is 2.84 bits per heavy atom. The summed E-state index contributed by atoms with van der Waals surface area (Å²) in [6, 6.07) is 19.0. The van der Waals surface area contributed by atoms with Gasteiger partial charge in [-0.2, -0.15) is 0 Å². The molecule has 1 aromatic heterocycles. The average Bonchev–Trinajstić information content (AvgIpc) is 2.92. The predicted octanol–water partition coefficient (Wildman–Crippen LogP) is 4.27. The number of para-hydroxylation sites is 1. The summed E-state index contributed by atoms with van der Waals surface area (Å²) in [5.74, 6) is 0. The summed E-state index contributed by atoms with van der Waals surface area (Å²) in [5.41, 5.74) is 3.58. The van der Waals surface area contributed by atoms with Gasteiger partial charge in [0.05, 0.1) is 11.6 Å². The summed E-state index contributed by atoms with van der Waals surface area (Å²) in [7, 11) is 0. The lowest BCUT2D eigenvalue weighted by Gasteiger charge is -2.32. The number of halogens is 1. The van der Waals surface area contributed by atoms with Crippen LogP contribution in [0.4, 0.5) is 0 Å². The van der Waals surface area contributed by atoms with Crippen molar-refractivity contribution in [3.05, 3.63) is 76.9 Å². The van der Waals surface area contributed by atoms with Gasteiger partial charge in [0.15, 0.2) is 0 Å². The number of nitrogens with one attached hydrogen (secondary N) is 1. The molecule has 128 valence electrons. The number of hydrogen-bond donors (Lipinski definition) is 1. The maximum absolute atomic E-state index is 6.32. The third kappa shape index (κ3) is 3.54. The smallest absolute Gasteiger partial charge is 0.0705 e. The van der Waals surface area contributed by atoms with Crippen LogP contribution in [0.1, 0.15) is 23.6 Å². The van der Waals surface area contributed by atoms with E-state index in [-0.39, 0.29) is 6.04 Å². The summed E-state index contributed by atoms with van der Waals surface area (Å²) in [6.45, 7) is 4.19. The summed E-state index contributed by atoms with van der Waals surface area (Å²) in [6.07, 6.45) is 3.07. The normalized spacial score (nSPS) is 17.3. The fourth-order valence-electron chi connectivity index (χ4n) is 3.74. The fraction of sp³-hybridized carbons (Fsp3) is 0.286. The first-order valence-corrected chi connectivity index (χ1v) is 9.24. The highest BCUT2D eigenvalue weighted by Crippen LogP contribution is 2.34. The largest absolute Gasteiger partial charge is 0.315 e. The van der Waals surface area contributed by atoms with E-state index in [1.165, 1.54) is 16.5 Å². The molecular formula is C21H22ClN3. The van der Waals surface area contributed by atoms with E-state index in [0.717, 1.165) is 43.1 Å². The first-order chi connectivity index (χ1) is 12.3. The third-order valence-electron chi connectivity index (χ3n) is 4.88. The molecule has 0 bridgehead atoms. The van der Waals surface area contributed by atoms with E-state index in [2.05, 4.69) is 51.6 Å². The molecule has 1 aliphatic rings. The molecule has 1 aliphatic heterocycles. The van der Waals surface area contributed by atoms with Gasteiger partial charge in [-0.25, -0.2) is 0 Å². The van der Waals surface area contributed by atoms with Gasteiger partial charge in [-0.05, 0) is 48.4 Å². The monoisotopic (exact) mass is 351 g/mol. The van der Waals surface area contributed by atoms with Crippen molar-refractivity contribution in [1.29, 1.82) is 0 Å². The van der Waals surface area contributed by atoms with Crippen molar-refractivity contribution in [2.75, 3.05) is 26.2 Å². The van der Waals surface area contributed by atoms with Crippen molar-refractivity contribution in [3.63, 3.8) is 0 Å². The minimum absolute atomic E-state index is 0.187. The molecule has 1 N–H and O–H groups in total. The van der Waals surface area contributed by atoms with Gasteiger partial charge in [-0.15, -0.1) is 0 Å². The lowest BCUT2D eigenvalue weighted by molar-refractivity contribution is 0.242. The number of benzene rings is 2. The molecular weight excluding hydrogens is 330 g/mol. The quantitative estimate of drug-likeness (QED) is 0.763. The zero-order valence-electron chi connectivity index (χ0n) is 14.2. The number of aromatic nitrogens is 1. The standard InChI is InChI=1S/C21H22ClN3/c22-17-6-3-5-16(15-17)21(25-13-4-10-23-12-14-25)19-9-11-24-20-8-2-1-7-18(19)20/h1-3,5-9,11,15,21,23H,4,10,12-14H2. The van der Waals surface area contributed by atoms with Gasteiger partial charge in [-0.3, -0.25) is 9.88 Å². The van der Waals surface area contributed by atoms with E-state index < -0.39 is 0 Å². The van der Waals surface area contributed by atoms with E-state index in [4.69, 9.17) is 11.6 Å². The SMILES string of the molecule is Clc1cccc(C(c2ccnc3ccccc23)N2CCCNCC2)c1. The van der Waals surface area contributed by atoms with E-state index in [0.29, 0.717) is 0 Å². The Balaban J connectivity index is 1.87. The highest BCUT2D eigenvalue weighted by molar-refractivity contribution is 6.30. The first kappa shape index (κ1) is 16.5. The second kappa shape index (κ2) is 7.52. The summed E-state index contributed by atoms with van der Waals surface area (Å²) < 4.78 is 0. The van der Waals surface area contributed by atoms with Gasteiger partial charge >= 0.3 is 0 Å². The van der Waals surface area contributed by atoms with Crippen molar-refractivity contribution in [3.8, 4) is 0 Å². The molecule has 1 fully saturated rings. The Bertz CT molecular complexity index is 851. The van der Waals surface area contributed by atoms with E-state index in [1.807, 2.05) is 24.4 Å². The van der Waals surface area contributed by atoms with Crippen molar-refractivity contribution in [1.82, 2.24) is 15.2 Å². The van der Waals surface area contributed by atoms with E-state index >= 15 is 0 Å². The number of nitrogens with zero attached hydrogens (tertiary/aromatic N) is 2. The molecule has 2 heterocycles. The summed E-state index contributed by atoms with van der Waals surface area (Å²) in [5, 5.41) is 5.50. The summed E-state index contributed by atoms with van der Waals surface area (Å²) >= 11 is 6.32. The molecule has 0 aliphatic carbocycles. The van der Waals surface area contributed by atoms with Crippen molar-refractivity contribution < 1.29 is 0 Å². The second-order valence-corrected chi connectivity index (χ2v) is 6.95. The maximum atomic E-state index is 6.32. The van der Waals surface area contributed by atoms with Crippen LogP contribution in [-0.2, 0) is 0 Å². The van der Waals surface area contributed by atoms with Crippen LogP contribution < -0.4 is 5.32 Å². The van der Waals surface area contributed by atoms with Crippen LogP contribution in [0, 0.1) is 0 Å². The van der Waals surface area contributed by atoms with Gasteiger partial charge < -0.3 is 5.32 Å². The zero-order valence-corrected chi connectivity index (χ0v) is 14.9. The number of pyridine rings is 1. The van der Waals surface area contributed by atoms with Crippen LogP contribution in [-0.4, -0.2) is 36.1 Å². The Kier molecular flexibility index (Phi) is 4.97. The third-order valence-corrected chi connectivity index (χ3v) is 5.12. The Labute approximate surface area is 153 Å². The molecule has 4 heteroatoms. The van der Waals surface area contributed by atoms with Crippen molar-refractivity contribution >= 4 is 22.5 Å². The highest BCUT2D eigenvalue weighted by atomic mass is 35.5. The molecule has 0 radical (unpaired) electrons. The lowest BCUT2D eigenvalue weighted by Crippen LogP contribution is -2.33. The Morgan fingerprint density at radius 1 is 1.00 bits per heavy atom. The molecule has 3 aromatic rings. The first-order valence-electron chi connectivity index (χ1n) is 8.87. The van der Waals surface area contributed by atoms with Crippen LogP contribution in [0.3, 0.4) is 0 Å². The summed E-state index contributed by atoms with van der Waals surface area (Å²) in [4.78, 5) is 7.11. The number of hydrogen-bond acceptors (Lipinski definition) is 3. The molecule has 0 amide bonds. The van der Waals surface area contributed by atoms with Crippen molar-refractivity contribution in [2.24, 2.45) is 0 Å². The van der Waals surface area contributed by atoms with Gasteiger partial charge in [-0.1, -0.05) is 41.9 Å². The molecule has 1 unspecified atom stereocenters. The molecule has 4 rings (SSSR count). The molecule has 0 saturated carbocycles. The molecule has 3 nitrogen and oxygen atoms in total. The maximum Gasteiger partial charge on any atom is 0.0705 e. The van der Waals surface area contributed by atoms with Crippen LogP contribution in [0.25, 0.3) is 10.9 Å². The zero-order chi connectivity index (χ0) is 17.1. The topological polar surface area (TPSA) is 28.2 Å². The van der Waals surface area contributed by atoms with Gasteiger partial charge in [0, 0.05) is 36.2 Å². The van der Waals surface area contributed by atoms with Crippen LogP contribution in [0.5, 0.6) is 0 Å². The average molecular weight is 352 g/mol. The highest BCUT2D eigenvalue weighted by Gasteiger charge is 2.25. The van der Waals surface area contributed by atoms with Crippen LogP contribution >= 0.6 is 11.6 Å². The van der Waals surface area contributed by atoms with Crippen molar-refractivity contribution in [2.45, 2.75) is 12.5 Å². The Morgan fingerprint density at radius 2 is 1.92 bits per heavy atom. The Hall–Kier alpha value is -1.94. The lowest BCUT2D eigenvalue weighted by atomic mass is 9.94. The van der Waals surface area contributed by atoms with Gasteiger partial charge in [0.25, 0.3) is 0 Å². The molecule has 25 heavy (non-hydrogen) atoms. The molecule has 2 aromatic carbocycles. The molecule has 1 atom stereocenters. The second-order valence-electron chi connectivity index (χ2n) is 6.51. The number of fused-ring (bicyclic) bond motifs is 1. The van der Waals surface area contributed by atoms with E-state index in [9.17, 15) is 0 Å². The molecule has 1 saturated heterocycles. The number of rotatable bonds is 3. The predicted molar refractivity (Wildman–Crippen MR) is 104 cm³/mol. The minimum Gasteiger partial charge on any atom is -0.315 e.